The molecule has 1 aliphatic heterocycles. The van der Waals surface area contributed by atoms with E-state index in [2.05, 4.69) is 5.73 Å². The molecule has 1 aliphatic rings. The molecule has 1 atom stereocenters. The Labute approximate surface area is 189 Å². The van der Waals surface area contributed by atoms with Crippen LogP contribution in [-0.4, -0.2) is 31.7 Å². The molecule has 0 bridgehead atoms. The summed E-state index contributed by atoms with van der Waals surface area (Å²) in [5.74, 6) is -1.56. The number of aliphatic hydroxyl groups excluding tert-OH is 1. The molecule has 0 fully saturated rings. The SMILES string of the molecule is CN.O=Cc1ccc(OCCO)c(F)c1-c1c(Cl)c(F)cc2c1CC(c1ccccc1)O2. The van der Waals surface area contributed by atoms with Crippen LogP contribution in [0.1, 0.15) is 27.6 Å². The molecule has 0 aliphatic carbocycles. The second-order valence-electron chi connectivity index (χ2n) is 6.78. The normalized spacial score (nSPS) is 14.1. The summed E-state index contributed by atoms with van der Waals surface area (Å²) in [6.07, 6.45) is 0.412. The fraction of sp³-hybridized carbons (Fsp3) is 0.208. The number of hydrogen-bond acceptors (Lipinski definition) is 5. The molecule has 0 saturated carbocycles. The van der Waals surface area contributed by atoms with Gasteiger partial charge in [-0.2, -0.15) is 0 Å². The van der Waals surface area contributed by atoms with E-state index in [-0.39, 0.29) is 46.4 Å². The molecule has 0 saturated heterocycles. The van der Waals surface area contributed by atoms with E-state index < -0.39 is 17.7 Å². The molecule has 1 unspecified atom stereocenters. The summed E-state index contributed by atoms with van der Waals surface area (Å²) in [5.41, 5.74) is 5.81. The molecule has 0 amide bonds. The Morgan fingerprint density at radius 3 is 2.56 bits per heavy atom. The number of rotatable bonds is 6. The number of nitrogens with two attached hydrogens (primary N) is 1. The third kappa shape index (κ3) is 4.46. The highest BCUT2D eigenvalue weighted by atomic mass is 35.5. The summed E-state index contributed by atoms with van der Waals surface area (Å²) in [5, 5.41) is 8.66. The third-order valence-electron chi connectivity index (χ3n) is 4.98. The molecule has 0 aromatic heterocycles. The summed E-state index contributed by atoms with van der Waals surface area (Å²) < 4.78 is 41.1. The molecule has 0 spiro atoms. The minimum absolute atomic E-state index is 0.00158. The van der Waals surface area contributed by atoms with Crippen LogP contribution in [0.3, 0.4) is 0 Å². The number of hydrogen-bond donors (Lipinski definition) is 2. The van der Waals surface area contributed by atoms with E-state index in [1.807, 2.05) is 30.3 Å². The van der Waals surface area contributed by atoms with Crippen molar-refractivity contribution in [1.29, 1.82) is 0 Å². The van der Waals surface area contributed by atoms with Crippen molar-refractivity contribution in [2.75, 3.05) is 20.3 Å². The molecular formula is C24H22ClF2NO4. The van der Waals surface area contributed by atoms with Gasteiger partial charge in [-0.25, -0.2) is 8.78 Å². The summed E-state index contributed by atoms with van der Waals surface area (Å²) in [7, 11) is 1.50. The highest BCUT2D eigenvalue weighted by molar-refractivity contribution is 6.34. The lowest BCUT2D eigenvalue weighted by Gasteiger charge is -2.16. The minimum Gasteiger partial charge on any atom is -0.488 e. The van der Waals surface area contributed by atoms with Crippen molar-refractivity contribution in [3.8, 4) is 22.6 Å². The number of fused-ring (bicyclic) bond motifs is 1. The van der Waals surface area contributed by atoms with Gasteiger partial charge in [-0.05, 0) is 24.7 Å². The maximum absolute atomic E-state index is 15.3. The van der Waals surface area contributed by atoms with Crippen LogP contribution in [0.25, 0.3) is 11.1 Å². The number of aldehydes is 1. The maximum Gasteiger partial charge on any atom is 0.173 e. The zero-order valence-electron chi connectivity index (χ0n) is 17.3. The summed E-state index contributed by atoms with van der Waals surface area (Å²) in [6, 6.07) is 13.2. The maximum atomic E-state index is 15.3. The molecule has 0 radical (unpaired) electrons. The lowest BCUT2D eigenvalue weighted by Crippen LogP contribution is -2.06. The minimum atomic E-state index is -0.856. The standard InChI is InChI=1S/C23H17ClF2O4.CH5N/c24-22-16(25)11-19-15(10-18(30-19)13-4-2-1-3-5-13)21(22)20-14(12-28)6-7-17(23(20)26)29-9-8-27;1-2/h1-7,11-12,18,27H,8-10H2;2H2,1H3. The summed E-state index contributed by atoms with van der Waals surface area (Å²) in [4.78, 5) is 11.6. The summed E-state index contributed by atoms with van der Waals surface area (Å²) >= 11 is 6.27. The predicted molar refractivity (Wildman–Crippen MR) is 118 cm³/mol. The van der Waals surface area contributed by atoms with Crippen molar-refractivity contribution in [3.63, 3.8) is 0 Å². The van der Waals surface area contributed by atoms with Gasteiger partial charge in [0.1, 0.15) is 24.3 Å². The molecular weight excluding hydrogens is 440 g/mol. The van der Waals surface area contributed by atoms with Crippen LogP contribution in [0.4, 0.5) is 8.78 Å². The van der Waals surface area contributed by atoms with Gasteiger partial charge in [0.25, 0.3) is 0 Å². The van der Waals surface area contributed by atoms with Crippen LogP contribution in [0.15, 0.2) is 48.5 Å². The lowest BCUT2D eigenvalue weighted by atomic mass is 9.91. The van der Waals surface area contributed by atoms with Crippen molar-refractivity contribution in [1.82, 2.24) is 0 Å². The molecule has 5 nitrogen and oxygen atoms in total. The van der Waals surface area contributed by atoms with Gasteiger partial charge in [0.05, 0.1) is 11.6 Å². The van der Waals surface area contributed by atoms with E-state index in [1.54, 1.807) is 0 Å². The van der Waals surface area contributed by atoms with Crippen molar-refractivity contribution in [3.05, 3.63) is 81.9 Å². The first-order valence-electron chi connectivity index (χ1n) is 9.87. The highest BCUT2D eigenvalue weighted by Gasteiger charge is 2.32. The zero-order valence-corrected chi connectivity index (χ0v) is 18.0. The Morgan fingerprint density at radius 2 is 1.91 bits per heavy atom. The van der Waals surface area contributed by atoms with Gasteiger partial charge >= 0.3 is 0 Å². The molecule has 3 aromatic carbocycles. The van der Waals surface area contributed by atoms with Gasteiger partial charge in [0.2, 0.25) is 0 Å². The first kappa shape index (κ1) is 23.7. The van der Waals surface area contributed by atoms with Crippen molar-refractivity contribution in [2.24, 2.45) is 5.73 Å². The number of carbonyl (C=O) groups excluding carboxylic acids is 1. The van der Waals surface area contributed by atoms with Crippen molar-refractivity contribution in [2.45, 2.75) is 12.5 Å². The van der Waals surface area contributed by atoms with Crippen molar-refractivity contribution >= 4 is 17.9 Å². The predicted octanol–water partition coefficient (Wildman–Crippen LogP) is 4.72. The number of carbonyl (C=O) groups is 1. The second kappa shape index (κ2) is 10.5. The Hall–Kier alpha value is -3.00. The van der Waals surface area contributed by atoms with Gasteiger partial charge in [-0.1, -0.05) is 41.9 Å². The van der Waals surface area contributed by atoms with Gasteiger partial charge in [-0.3, -0.25) is 4.79 Å². The average Bonchev–Trinajstić information content (AvgIpc) is 3.25. The van der Waals surface area contributed by atoms with Crippen molar-refractivity contribution < 1.29 is 28.2 Å². The third-order valence-corrected chi connectivity index (χ3v) is 5.35. The lowest BCUT2D eigenvalue weighted by molar-refractivity contribution is 0.112. The van der Waals surface area contributed by atoms with Crippen LogP contribution < -0.4 is 15.2 Å². The molecule has 32 heavy (non-hydrogen) atoms. The van der Waals surface area contributed by atoms with E-state index in [9.17, 15) is 9.18 Å². The molecule has 3 N–H and O–H groups in total. The van der Waals surface area contributed by atoms with Crippen LogP contribution >= 0.6 is 11.6 Å². The number of benzene rings is 3. The molecule has 1 heterocycles. The Morgan fingerprint density at radius 1 is 1.19 bits per heavy atom. The monoisotopic (exact) mass is 461 g/mol. The second-order valence-corrected chi connectivity index (χ2v) is 7.16. The van der Waals surface area contributed by atoms with Crippen LogP contribution in [-0.2, 0) is 6.42 Å². The molecule has 4 rings (SSSR count). The van der Waals surface area contributed by atoms with E-state index in [0.29, 0.717) is 18.3 Å². The summed E-state index contributed by atoms with van der Waals surface area (Å²) in [6.45, 7) is -0.447. The molecule has 8 heteroatoms. The van der Waals surface area contributed by atoms with E-state index in [4.69, 9.17) is 26.2 Å². The van der Waals surface area contributed by atoms with Crippen LogP contribution in [0.5, 0.6) is 11.5 Å². The van der Waals surface area contributed by atoms with E-state index >= 15 is 4.39 Å². The van der Waals surface area contributed by atoms with Crippen LogP contribution in [0, 0.1) is 11.6 Å². The van der Waals surface area contributed by atoms with Gasteiger partial charge in [0.15, 0.2) is 17.9 Å². The van der Waals surface area contributed by atoms with Gasteiger partial charge < -0.3 is 20.3 Å². The average molecular weight is 462 g/mol. The topological polar surface area (TPSA) is 81.8 Å². The number of ether oxygens (including phenoxy) is 2. The Kier molecular flexibility index (Phi) is 7.80. The Bertz CT molecular complexity index is 1110. The van der Waals surface area contributed by atoms with Gasteiger partial charge in [0, 0.05) is 34.7 Å². The van der Waals surface area contributed by atoms with E-state index in [1.165, 1.54) is 25.2 Å². The number of halogens is 3. The van der Waals surface area contributed by atoms with E-state index in [0.717, 1.165) is 5.56 Å². The number of aliphatic hydroxyl groups is 1. The quantitative estimate of drug-likeness (QED) is 0.519. The fourth-order valence-electron chi connectivity index (χ4n) is 3.63. The first-order chi connectivity index (χ1) is 15.5. The largest absolute Gasteiger partial charge is 0.488 e. The molecule has 3 aromatic rings. The smallest absolute Gasteiger partial charge is 0.173 e. The zero-order chi connectivity index (χ0) is 23.3. The van der Waals surface area contributed by atoms with Crippen LogP contribution in [0.2, 0.25) is 5.02 Å². The van der Waals surface area contributed by atoms with Gasteiger partial charge in [-0.15, -0.1) is 0 Å². The highest BCUT2D eigenvalue weighted by Crippen LogP contribution is 2.48. The molecule has 168 valence electrons. The first-order valence-corrected chi connectivity index (χ1v) is 10.2. The fourth-order valence-corrected chi connectivity index (χ4v) is 3.90. The Balaban J connectivity index is 0.00000141.